The molecule has 0 saturated carbocycles. The van der Waals surface area contributed by atoms with E-state index in [9.17, 15) is 4.79 Å². The van der Waals surface area contributed by atoms with Crippen molar-refractivity contribution in [2.45, 2.75) is 20.0 Å². The smallest absolute Gasteiger partial charge is 0.281 e. The predicted molar refractivity (Wildman–Crippen MR) is 132 cm³/mol. The average Bonchev–Trinajstić information content (AvgIpc) is 3.31. The van der Waals surface area contributed by atoms with Crippen LogP contribution in [0.5, 0.6) is 5.75 Å². The maximum absolute atomic E-state index is 13.0. The molecule has 1 aromatic heterocycles. The summed E-state index contributed by atoms with van der Waals surface area (Å²) >= 11 is 23.6. The zero-order chi connectivity index (χ0) is 22.8. The number of benzene rings is 2. The largest absolute Gasteiger partial charge is 0.483 e. The molecule has 1 aliphatic rings. The molecule has 4 rings (SSSR count). The number of furan rings is 1. The highest BCUT2D eigenvalue weighted by Crippen LogP contribution is 2.36. The van der Waals surface area contributed by atoms with Crippen LogP contribution in [0.15, 0.2) is 58.6 Å². The summed E-state index contributed by atoms with van der Waals surface area (Å²) in [4.78, 5) is 14.5. The number of para-hydroxylation sites is 1. The Morgan fingerprint density at radius 3 is 2.56 bits per heavy atom. The van der Waals surface area contributed by atoms with Crippen LogP contribution in [0, 0.1) is 0 Å². The van der Waals surface area contributed by atoms with Gasteiger partial charge in [0.1, 0.15) is 23.8 Å². The molecule has 0 unspecified atom stereocenters. The van der Waals surface area contributed by atoms with Gasteiger partial charge in [-0.15, -0.1) is 0 Å². The number of carbonyl (C=O) groups excluding carboxylic acids is 1. The average molecular weight is 508 g/mol. The van der Waals surface area contributed by atoms with Crippen LogP contribution in [-0.2, 0) is 17.8 Å². The Hall–Kier alpha value is -2.51. The second kappa shape index (κ2) is 9.55. The number of nitrogens with one attached hydrogen (secondary N) is 1. The second-order valence-electron chi connectivity index (χ2n) is 6.90. The number of aryl methyl sites for hydroxylation is 1. The highest BCUT2D eigenvalue weighted by atomic mass is 35.5. The minimum Gasteiger partial charge on any atom is -0.483 e. The van der Waals surface area contributed by atoms with Crippen LogP contribution in [-0.4, -0.2) is 11.0 Å². The number of hydrogen-bond acceptors (Lipinski definition) is 4. The van der Waals surface area contributed by atoms with Crippen molar-refractivity contribution in [3.8, 4) is 5.75 Å². The standard InChI is InChI=1S/C23H17Cl3N2O3S/c1-2-13-5-3-4-6-20(13)28-22(29)19(27-23(28)32)11-15-7-8-16(31-15)12-30-21-17(25)9-14(24)10-18(21)26/h3-11H,2,12H2,1H3,(H,27,32)/b19-11+. The van der Waals surface area contributed by atoms with Gasteiger partial charge in [0.05, 0.1) is 15.7 Å². The Kier molecular flexibility index (Phi) is 6.76. The van der Waals surface area contributed by atoms with Crippen LogP contribution in [0.1, 0.15) is 24.0 Å². The van der Waals surface area contributed by atoms with Gasteiger partial charge in [0.25, 0.3) is 5.91 Å². The van der Waals surface area contributed by atoms with E-state index in [0.717, 1.165) is 17.7 Å². The highest BCUT2D eigenvalue weighted by Gasteiger charge is 2.33. The predicted octanol–water partition coefficient (Wildman–Crippen LogP) is 6.64. The van der Waals surface area contributed by atoms with Gasteiger partial charge in [0.2, 0.25) is 0 Å². The van der Waals surface area contributed by atoms with Crippen molar-refractivity contribution in [1.29, 1.82) is 0 Å². The van der Waals surface area contributed by atoms with Crippen LogP contribution in [0.4, 0.5) is 5.69 Å². The van der Waals surface area contributed by atoms with Crippen LogP contribution >= 0.6 is 47.0 Å². The van der Waals surface area contributed by atoms with E-state index in [1.165, 1.54) is 4.90 Å². The van der Waals surface area contributed by atoms with Crippen LogP contribution in [0.25, 0.3) is 6.08 Å². The lowest BCUT2D eigenvalue weighted by atomic mass is 10.1. The number of hydrogen-bond donors (Lipinski definition) is 1. The maximum Gasteiger partial charge on any atom is 0.281 e. The fourth-order valence-corrected chi connectivity index (χ4v) is 4.50. The molecule has 5 nitrogen and oxygen atoms in total. The molecule has 0 aliphatic carbocycles. The number of anilines is 1. The van der Waals surface area contributed by atoms with E-state index in [2.05, 4.69) is 5.32 Å². The second-order valence-corrected chi connectivity index (χ2v) is 8.54. The summed E-state index contributed by atoms with van der Waals surface area (Å²) in [6.07, 6.45) is 2.39. The fraction of sp³-hybridized carbons (Fsp3) is 0.130. The minimum atomic E-state index is -0.246. The van der Waals surface area contributed by atoms with E-state index < -0.39 is 0 Å². The van der Waals surface area contributed by atoms with Crippen molar-refractivity contribution < 1.29 is 13.9 Å². The summed E-state index contributed by atoms with van der Waals surface area (Å²) in [6, 6.07) is 14.2. The van der Waals surface area contributed by atoms with Gasteiger partial charge in [-0.25, -0.2) is 0 Å². The molecule has 0 spiro atoms. The molecule has 0 atom stereocenters. The number of thiocarbonyl (C=S) groups is 1. The summed E-state index contributed by atoms with van der Waals surface area (Å²) in [7, 11) is 0. The van der Waals surface area contributed by atoms with Crippen molar-refractivity contribution in [2.75, 3.05) is 4.90 Å². The first-order valence-corrected chi connectivity index (χ1v) is 11.2. The number of rotatable bonds is 6. The Balaban J connectivity index is 1.50. The summed E-state index contributed by atoms with van der Waals surface area (Å²) in [5.74, 6) is 1.07. The zero-order valence-corrected chi connectivity index (χ0v) is 19.9. The van der Waals surface area contributed by atoms with Crippen molar-refractivity contribution in [1.82, 2.24) is 5.32 Å². The lowest BCUT2D eigenvalue weighted by Gasteiger charge is -2.17. The Labute approximate surface area is 205 Å². The normalized spacial score (nSPS) is 14.9. The van der Waals surface area contributed by atoms with E-state index in [1.807, 2.05) is 31.2 Å². The molecule has 1 fully saturated rings. The number of amides is 1. The third kappa shape index (κ3) is 4.64. The van der Waals surface area contributed by atoms with Crippen LogP contribution in [0.2, 0.25) is 15.1 Å². The highest BCUT2D eigenvalue weighted by molar-refractivity contribution is 7.80. The van der Waals surface area contributed by atoms with Gasteiger partial charge in [-0.2, -0.15) is 0 Å². The van der Waals surface area contributed by atoms with Crippen LogP contribution < -0.4 is 15.0 Å². The number of nitrogens with zero attached hydrogens (tertiary/aromatic N) is 1. The number of ether oxygens (including phenoxy) is 1. The molecule has 164 valence electrons. The molecule has 1 amide bonds. The van der Waals surface area contributed by atoms with E-state index in [1.54, 1.807) is 30.3 Å². The van der Waals surface area contributed by atoms with E-state index >= 15 is 0 Å². The fourth-order valence-electron chi connectivity index (χ4n) is 3.28. The summed E-state index contributed by atoms with van der Waals surface area (Å²) in [5, 5.41) is 4.32. The molecular weight excluding hydrogens is 491 g/mol. The molecule has 1 N–H and O–H groups in total. The van der Waals surface area contributed by atoms with Crippen molar-refractivity contribution >= 4 is 69.8 Å². The van der Waals surface area contributed by atoms with Gasteiger partial charge in [-0.1, -0.05) is 59.9 Å². The molecule has 3 aromatic rings. The van der Waals surface area contributed by atoms with Crippen molar-refractivity contribution in [3.05, 3.63) is 86.4 Å². The van der Waals surface area contributed by atoms with Crippen LogP contribution in [0.3, 0.4) is 0 Å². The van der Waals surface area contributed by atoms with Gasteiger partial charge in [-0.3, -0.25) is 9.69 Å². The lowest BCUT2D eigenvalue weighted by Crippen LogP contribution is -2.31. The molecule has 1 saturated heterocycles. The summed E-state index contributed by atoms with van der Waals surface area (Å²) in [6.45, 7) is 2.13. The van der Waals surface area contributed by atoms with Crippen molar-refractivity contribution in [3.63, 3.8) is 0 Å². The minimum absolute atomic E-state index is 0.0973. The van der Waals surface area contributed by atoms with E-state index in [4.69, 9.17) is 56.2 Å². The first-order valence-electron chi connectivity index (χ1n) is 9.68. The maximum atomic E-state index is 13.0. The molecule has 1 aliphatic heterocycles. The zero-order valence-electron chi connectivity index (χ0n) is 16.8. The quantitative estimate of drug-likeness (QED) is 0.299. The summed E-state index contributed by atoms with van der Waals surface area (Å²) in [5.41, 5.74) is 2.13. The van der Waals surface area contributed by atoms with Gasteiger partial charge < -0.3 is 14.5 Å². The topological polar surface area (TPSA) is 54.7 Å². The molecule has 0 radical (unpaired) electrons. The molecule has 2 heterocycles. The third-order valence-electron chi connectivity index (χ3n) is 4.78. The number of halogens is 3. The van der Waals surface area contributed by atoms with Gasteiger partial charge >= 0.3 is 0 Å². The SMILES string of the molecule is CCc1ccccc1N1C(=O)/C(=C\c2ccc(COc3c(Cl)cc(Cl)cc3Cl)o2)NC1=S. The molecule has 0 bridgehead atoms. The molecule has 9 heteroatoms. The van der Waals surface area contributed by atoms with Gasteiger partial charge in [-0.05, 0) is 54.5 Å². The third-order valence-corrected chi connectivity index (χ3v) is 5.85. The molecule has 2 aromatic carbocycles. The monoisotopic (exact) mass is 506 g/mol. The first kappa shape index (κ1) is 22.7. The van der Waals surface area contributed by atoms with Gasteiger partial charge in [0.15, 0.2) is 10.9 Å². The molecular formula is C23H17Cl3N2O3S. The number of carbonyl (C=O) groups is 1. The Bertz CT molecular complexity index is 1220. The lowest BCUT2D eigenvalue weighted by molar-refractivity contribution is -0.113. The Morgan fingerprint density at radius 2 is 1.84 bits per heavy atom. The van der Waals surface area contributed by atoms with E-state index in [-0.39, 0.29) is 12.5 Å². The molecule has 32 heavy (non-hydrogen) atoms. The van der Waals surface area contributed by atoms with Crippen molar-refractivity contribution in [2.24, 2.45) is 0 Å². The van der Waals surface area contributed by atoms with Gasteiger partial charge in [0, 0.05) is 11.1 Å². The first-order chi connectivity index (χ1) is 15.4. The van der Waals surface area contributed by atoms with E-state index in [0.29, 0.717) is 43.1 Å². The summed E-state index contributed by atoms with van der Waals surface area (Å²) < 4.78 is 11.5. The Morgan fingerprint density at radius 1 is 1.12 bits per heavy atom.